The van der Waals surface area contributed by atoms with Crippen LogP contribution in [0.1, 0.15) is 11.3 Å². The molecular formula is C17H12F2N3O2. The number of hydrogen-bond donors (Lipinski definition) is 1. The summed E-state index contributed by atoms with van der Waals surface area (Å²) >= 11 is 0. The van der Waals surface area contributed by atoms with Gasteiger partial charge in [0.05, 0.1) is 18.3 Å². The maximum Gasteiger partial charge on any atom is 0.340 e. The van der Waals surface area contributed by atoms with E-state index in [1.807, 2.05) is 0 Å². The second-order valence-electron chi connectivity index (χ2n) is 4.94. The van der Waals surface area contributed by atoms with Crippen LogP contribution in [-0.4, -0.2) is 22.9 Å². The smallest absolute Gasteiger partial charge is 0.340 e. The molecule has 0 aliphatic rings. The second kappa shape index (κ2) is 6.11. The van der Waals surface area contributed by atoms with Crippen molar-refractivity contribution in [3.05, 3.63) is 59.3 Å². The standard InChI is InChI=1S/C17H12F2N3O2/c1-24-16-7-3-10(8-13(16)19)2-6-14-12-5-4-11(18)9-15(12)22(21-14)17(20)23/h2-3,5-9H,1H3,(H2,20,23). The molecular weight excluding hydrogens is 316 g/mol. The van der Waals surface area contributed by atoms with Crippen molar-refractivity contribution in [2.24, 2.45) is 5.73 Å². The van der Waals surface area contributed by atoms with Crippen LogP contribution in [0.2, 0.25) is 0 Å². The lowest BCUT2D eigenvalue weighted by Gasteiger charge is -2.01. The Morgan fingerprint density at radius 3 is 2.79 bits per heavy atom. The largest absolute Gasteiger partial charge is 0.494 e. The number of benzene rings is 2. The van der Waals surface area contributed by atoms with Gasteiger partial charge in [-0.25, -0.2) is 13.6 Å². The lowest BCUT2D eigenvalue weighted by Crippen LogP contribution is -2.20. The van der Waals surface area contributed by atoms with Crippen molar-refractivity contribution in [1.82, 2.24) is 9.78 Å². The van der Waals surface area contributed by atoms with E-state index in [1.165, 1.54) is 25.3 Å². The van der Waals surface area contributed by atoms with Crippen LogP contribution in [0.4, 0.5) is 13.6 Å². The van der Waals surface area contributed by atoms with Crippen molar-refractivity contribution >= 4 is 29.1 Å². The number of carbonyl (C=O) groups excluding carboxylic acids is 1. The molecule has 2 N–H and O–H groups in total. The molecule has 121 valence electrons. The quantitative estimate of drug-likeness (QED) is 0.802. The van der Waals surface area contributed by atoms with Crippen LogP contribution in [0, 0.1) is 17.7 Å². The Balaban J connectivity index is 2.04. The van der Waals surface area contributed by atoms with Crippen molar-refractivity contribution in [1.29, 1.82) is 0 Å². The van der Waals surface area contributed by atoms with Crippen molar-refractivity contribution in [2.75, 3.05) is 7.11 Å². The third-order valence-electron chi connectivity index (χ3n) is 3.42. The molecule has 0 unspecified atom stereocenters. The predicted molar refractivity (Wildman–Crippen MR) is 85.4 cm³/mol. The van der Waals surface area contributed by atoms with Gasteiger partial charge in [0.25, 0.3) is 0 Å². The predicted octanol–water partition coefficient (Wildman–Crippen LogP) is 3.22. The van der Waals surface area contributed by atoms with Crippen LogP contribution >= 0.6 is 0 Å². The number of nitrogens with two attached hydrogens (primary N) is 1. The summed E-state index contributed by atoms with van der Waals surface area (Å²) in [5, 5.41) is 4.55. The molecule has 0 saturated heterocycles. The van der Waals surface area contributed by atoms with Crippen LogP contribution in [0.25, 0.3) is 23.1 Å². The number of amides is 1. The third kappa shape index (κ3) is 2.83. The van der Waals surface area contributed by atoms with Crippen molar-refractivity contribution in [3.8, 4) is 5.75 Å². The van der Waals surface area contributed by atoms with E-state index in [9.17, 15) is 13.6 Å². The molecule has 0 atom stereocenters. The van der Waals surface area contributed by atoms with Gasteiger partial charge in [0.1, 0.15) is 5.82 Å². The van der Waals surface area contributed by atoms with Gasteiger partial charge in [-0.1, -0.05) is 12.1 Å². The van der Waals surface area contributed by atoms with Crippen LogP contribution in [0.15, 0.2) is 30.3 Å². The molecule has 0 aliphatic heterocycles. The van der Waals surface area contributed by atoms with Gasteiger partial charge >= 0.3 is 6.03 Å². The van der Waals surface area contributed by atoms with Crippen LogP contribution in [-0.2, 0) is 0 Å². The van der Waals surface area contributed by atoms with Crippen molar-refractivity contribution in [3.63, 3.8) is 0 Å². The molecule has 1 heterocycles. The van der Waals surface area contributed by atoms with E-state index < -0.39 is 17.7 Å². The van der Waals surface area contributed by atoms with Gasteiger partial charge in [0.15, 0.2) is 11.6 Å². The molecule has 7 heteroatoms. The van der Waals surface area contributed by atoms with Gasteiger partial charge in [-0.2, -0.15) is 9.78 Å². The Morgan fingerprint density at radius 2 is 2.12 bits per heavy atom. The van der Waals surface area contributed by atoms with E-state index in [0.29, 0.717) is 16.6 Å². The highest BCUT2D eigenvalue weighted by Gasteiger charge is 2.13. The number of primary amides is 1. The van der Waals surface area contributed by atoms with Gasteiger partial charge < -0.3 is 10.5 Å². The molecule has 0 aliphatic carbocycles. The van der Waals surface area contributed by atoms with Gasteiger partial charge in [0, 0.05) is 17.5 Å². The monoisotopic (exact) mass is 328 g/mol. The lowest BCUT2D eigenvalue weighted by molar-refractivity contribution is 0.248. The number of aromatic nitrogens is 2. The summed E-state index contributed by atoms with van der Waals surface area (Å²) in [4.78, 5) is 11.4. The fraction of sp³-hybridized carbons (Fsp3) is 0.0588. The van der Waals surface area contributed by atoms with E-state index in [2.05, 4.69) is 11.2 Å². The third-order valence-corrected chi connectivity index (χ3v) is 3.42. The Morgan fingerprint density at radius 1 is 1.33 bits per heavy atom. The Bertz CT molecular complexity index is 964. The highest BCUT2D eigenvalue weighted by atomic mass is 19.1. The molecule has 0 spiro atoms. The molecule has 1 radical (unpaired) electrons. The average molecular weight is 328 g/mol. The van der Waals surface area contributed by atoms with Gasteiger partial charge in [-0.3, -0.25) is 0 Å². The molecule has 5 nitrogen and oxygen atoms in total. The summed E-state index contributed by atoms with van der Waals surface area (Å²) in [7, 11) is 1.38. The summed E-state index contributed by atoms with van der Waals surface area (Å²) in [5.41, 5.74) is 6.44. The molecule has 3 rings (SSSR count). The Hall–Kier alpha value is -3.22. The minimum absolute atomic E-state index is 0.140. The number of rotatable bonds is 3. The fourth-order valence-electron chi connectivity index (χ4n) is 2.30. The molecule has 24 heavy (non-hydrogen) atoms. The number of ether oxygens (including phenoxy) is 1. The zero-order chi connectivity index (χ0) is 17.3. The molecule has 0 saturated carbocycles. The lowest BCUT2D eigenvalue weighted by atomic mass is 10.1. The highest BCUT2D eigenvalue weighted by Crippen LogP contribution is 2.23. The van der Waals surface area contributed by atoms with Crippen LogP contribution in [0.5, 0.6) is 5.75 Å². The first-order valence-corrected chi connectivity index (χ1v) is 6.91. The Kier molecular flexibility index (Phi) is 3.99. The second-order valence-corrected chi connectivity index (χ2v) is 4.94. The van der Waals surface area contributed by atoms with Gasteiger partial charge in [-0.15, -0.1) is 0 Å². The molecule has 2 aromatic carbocycles. The fourth-order valence-corrected chi connectivity index (χ4v) is 2.30. The number of hydrogen-bond acceptors (Lipinski definition) is 3. The summed E-state index contributed by atoms with van der Waals surface area (Å²) in [6.45, 7) is 0. The first kappa shape index (κ1) is 15.7. The zero-order valence-electron chi connectivity index (χ0n) is 12.6. The summed E-state index contributed by atoms with van der Waals surface area (Å²) in [6, 6.07) is 8.54. The number of methoxy groups -OCH3 is 1. The molecule has 0 bridgehead atoms. The average Bonchev–Trinajstić information content (AvgIpc) is 2.91. The molecule has 3 aromatic rings. The molecule has 0 fully saturated rings. The van der Waals surface area contributed by atoms with Gasteiger partial charge in [0.2, 0.25) is 0 Å². The normalized spacial score (nSPS) is 11.3. The maximum atomic E-state index is 13.7. The number of halogens is 2. The maximum absolute atomic E-state index is 13.7. The minimum Gasteiger partial charge on any atom is -0.494 e. The van der Waals surface area contributed by atoms with Crippen LogP contribution < -0.4 is 10.5 Å². The Labute approximate surface area is 135 Å². The van der Waals surface area contributed by atoms with Crippen molar-refractivity contribution < 1.29 is 18.3 Å². The molecule has 1 aromatic heterocycles. The molecule has 1 amide bonds. The van der Waals surface area contributed by atoms with E-state index >= 15 is 0 Å². The number of fused-ring (bicyclic) bond motifs is 1. The van der Waals surface area contributed by atoms with Crippen molar-refractivity contribution in [2.45, 2.75) is 0 Å². The zero-order valence-corrected chi connectivity index (χ0v) is 12.6. The summed E-state index contributed by atoms with van der Waals surface area (Å²) in [6.07, 6.45) is 3.19. The first-order chi connectivity index (χ1) is 11.5. The summed E-state index contributed by atoms with van der Waals surface area (Å²) in [5.74, 6) is -0.985. The van der Waals surface area contributed by atoms with E-state index in [0.717, 1.165) is 10.7 Å². The topological polar surface area (TPSA) is 70.1 Å². The minimum atomic E-state index is -0.833. The van der Waals surface area contributed by atoms with E-state index in [1.54, 1.807) is 18.2 Å². The van der Waals surface area contributed by atoms with Gasteiger partial charge in [-0.05, 0) is 29.8 Å². The van der Waals surface area contributed by atoms with E-state index in [4.69, 9.17) is 10.5 Å². The van der Waals surface area contributed by atoms with Crippen LogP contribution in [0.3, 0.4) is 0 Å². The number of nitrogens with zero attached hydrogens (tertiary/aromatic N) is 2. The number of carbonyl (C=O) groups is 1. The summed E-state index contributed by atoms with van der Waals surface area (Å²) < 4.78 is 32.8. The highest BCUT2D eigenvalue weighted by molar-refractivity contribution is 5.95. The first-order valence-electron chi connectivity index (χ1n) is 6.91. The SMILES string of the molecule is COc1ccc(C=Cc2nn(C(N)=O)c3cc(F)[c]cc23)cc1F. The van der Waals surface area contributed by atoms with E-state index in [-0.39, 0.29) is 11.3 Å².